The van der Waals surface area contributed by atoms with E-state index in [4.69, 9.17) is 0 Å². The molecule has 0 atom stereocenters. The Morgan fingerprint density at radius 2 is 2.00 bits per heavy atom. The number of anilines is 1. The predicted molar refractivity (Wildman–Crippen MR) is 88.1 cm³/mol. The third kappa shape index (κ3) is 6.38. The molecule has 1 aromatic rings. The van der Waals surface area contributed by atoms with Gasteiger partial charge in [-0.3, -0.25) is 4.90 Å². The molecule has 20 heavy (non-hydrogen) atoms. The average Bonchev–Trinajstić information content (AvgIpc) is 2.44. The van der Waals surface area contributed by atoms with E-state index in [1.807, 2.05) is 6.20 Å². The lowest BCUT2D eigenvalue weighted by atomic mass is 10.1. The van der Waals surface area contributed by atoms with Gasteiger partial charge in [-0.05, 0) is 50.9 Å². The summed E-state index contributed by atoms with van der Waals surface area (Å²) in [5.41, 5.74) is 1.35. The zero-order valence-electron chi connectivity index (χ0n) is 13.7. The van der Waals surface area contributed by atoms with Gasteiger partial charge in [0.1, 0.15) is 5.82 Å². The highest BCUT2D eigenvalue weighted by molar-refractivity contribution is 5.37. The molecule has 1 aromatic heterocycles. The first-order chi connectivity index (χ1) is 9.67. The summed E-state index contributed by atoms with van der Waals surface area (Å²) < 4.78 is 0. The molecule has 0 spiro atoms. The zero-order valence-corrected chi connectivity index (χ0v) is 13.7. The fourth-order valence-corrected chi connectivity index (χ4v) is 2.24. The van der Waals surface area contributed by atoms with E-state index in [0.29, 0.717) is 6.04 Å². The molecule has 0 bridgehead atoms. The molecular weight excluding hydrogens is 246 g/mol. The monoisotopic (exact) mass is 277 g/mol. The predicted octanol–water partition coefficient (Wildman–Crippen LogP) is 4.30. The van der Waals surface area contributed by atoms with Crippen molar-refractivity contribution in [3.63, 3.8) is 0 Å². The van der Waals surface area contributed by atoms with E-state index in [1.165, 1.54) is 31.4 Å². The van der Waals surface area contributed by atoms with Gasteiger partial charge in [0.2, 0.25) is 0 Å². The van der Waals surface area contributed by atoms with Crippen LogP contribution in [0.4, 0.5) is 5.82 Å². The van der Waals surface area contributed by atoms with Gasteiger partial charge in [-0.2, -0.15) is 0 Å². The molecule has 0 aromatic carbocycles. The zero-order chi connectivity index (χ0) is 14.8. The maximum atomic E-state index is 4.37. The Bertz CT molecular complexity index is 363. The summed E-state index contributed by atoms with van der Waals surface area (Å²) in [6.07, 6.45) is 6.94. The molecule has 0 aliphatic heterocycles. The van der Waals surface area contributed by atoms with Crippen LogP contribution >= 0.6 is 0 Å². The molecule has 0 radical (unpaired) electrons. The van der Waals surface area contributed by atoms with Crippen molar-refractivity contribution in [2.75, 3.05) is 18.4 Å². The fraction of sp³-hybridized carbons (Fsp3) is 0.706. The van der Waals surface area contributed by atoms with E-state index in [0.717, 1.165) is 25.3 Å². The molecule has 0 saturated carbocycles. The van der Waals surface area contributed by atoms with E-state index in [2.05, 4.69) is 55.0 Å². The molecular formula is C17H31N3. The number of hydrogen-bond acceptors (Lipinski definition) is 3. The van der Waals surface area contributed by atoms with Crippen molar-refractivity contribution in [3.8, 4) is 0 Å². The highest BCUT2D eigenvalue weighted by Crippen LogP contribution is 2.13. The van der Waals surface area contributed by atoms with Crippen LogP contribution in [0, 0.1) is 0 Å². The molecule has 0 fully saturated rings. The van der Waals surface area contributed by atoms with E-state index in [1.54, 1.807) is 0 Å². The minimum Gasteiger partial charge on any atom is -0.370 e. The van der Waals surface area contributed by atoms with Crippen molar-refractivity contribution >= 4 is 5.82 Å². The van der Waals surface area contributed by atoms with Crippen molar-refractivity contribution in [2.45, 2.75) is 66.0 Å². The Morgan fingerprint density at radius 1 is 1.20 bits per heavy atom. The minimum absolute atomic E-state index is 0.590. The van der Waals surface area contributed by atoms with Crippen LogP contribution in [0.5, 0.6) is 0 Å². The molecule has 1 N–H and O–H groups in total. The molecule has 0 aliphatic rings. The van der Waals surface area contributed by atoms with Gasteiger partial charge in [-0.1, -0.05) is 26.7 Å². The van der Waals surface area contributed by atoms with Crippen LogP contribution in [0.1, 0.15) is 58.9 Å². The molecule has 114 valence electrons. The molecule has 0 aliphatic carbocycles. The van der Waals surface area contributed by atoms with E-state index in [-0.39, 0.29) is 0 Å². The fourth-order valence-electron chi connectivity index (χ4n) is 2.24. The number of unbranched alkanes of at least 4 members (excludes halogenated alkanes) is 2. The van der Waals surface area contributed by atoms with Crippen LogP contribution in [0.2, 0.25) is 0 Å². The minimum atomic E-state index is 0.590. The maximum Gasteiger partial charge on any atom is 0.126 e. The topological polar surface area (TPSA) is 28.2 Å². The van der Waals surface area contributed by atoms with Crippen molar-refractivity contribution in [1.82, 2.24) is 9.88 Å². The largest absolute Gasteiger partial charge is 0.370 e. The van der Waals surface area contributed by atoms with Crippen molar-refractivity contribution in [1.29, 1.82) is 0 Å². The SMILES string of the molecule is CCCCCN(Cc1ccnc(NCCC)c1)C(C)C. The second-order valence-electron chi connectivity index (χ2n) is 5.75. The Morgan fingerprint density at radius 3 is 2.65 bits per heavy atom. The maximum absolute atomic E-state index is 4.37. The summed E-state index contributed by atoms with van der Waals surface area (Å²) in [5, 5.41) is 3.36. The first-order valence-electron chi connectivity index (χ1n) is 8.10. The molecule has 1 heterocycles. The Kier molecular flexibility index (Phi) is 8.28. The number of nitrogens with zero attached hydrogens (tertiary/aromatic N) is 2. The molecule has 0 saturated heterocycles. The van der Waals surface area contributed by atoms with Crippen LogP contribution in [0.25, 0.3) is 0 Å². The van der Waals surface area contributed by atoms with Crippen LogP contribution in [-0.2, 0) is 6.54 Å². The van der Waals surface area contributed by atoms with Crippen molar-refractivity contribution in [2.24, 2.45) is 0 Å². The van der Waals surface area contributed by atoms with Gasteiger partial charge in [0, 0.05) is 25.3 Å². The lowest BCUT2D eigenvalue weighted by molar-refractivity contribution is 0.208. The van der Waals surface area contributed by atoms with E-state index >= 15 is 0 Å². The van der Waals surface area contributed by atoms with Gasteiger partial charge in [0.25, 0.3) is 0 Å². The smallest absolute Gasteiger partial charge is 0.126 e. The summed E-state index contributed by atoms with van der Waals surface area (Å²) in [5.74, 6) is 1.00. The Labute approximate surface area is 124 Å². The number of rotatable bonds is 10. The number of nitrogens with one attached hydrogen (secondary N) is 1. The third-order valence-corrected chi connectivity index (χ3v) is 3.55. The quantitative estimate of drug-likeness (QED) is 0.646. The molecule has 0 amide bonds. The second kappa shape index (κ2) is 9.76. The van der Waals surface area contributed by atoms with Crippen LogP contribution in [-0.4, -0.2) is 29.0 Å². The van der Waals surface area contributed by atoms with Crippen molar-refractivity contribution < 1.29 is 0 Å². The first kappa shape index (κ1) is 17.0. The van der Waals surface area contributed by atoms with E-state index < -0.39 is 0 Å². The number of pyridine rings is 1. The molecule has 3 heteroatoms. The summed E-state index contributed by atoms with van der Waals surface area (Å²) in [4.78, 5) is 6.93. The van der Waals surface area contributed by atoms with Crippen molar-refractivity contribution in [3.05, 3.63) is 23.9 Å². The molecule has 3 nitrogen and oxygen atoms in total. The summed E-state index contributed by atoms with van der Waals surface area (Å²) in [6.45, 7) is 12.2. The van der Waals surface area contributed by atoms with Gasteiger partial charge in [-0.25, -0.2) is 4.98 Å². The molecule has 1 rings (SSSR count). The second-order valence-corrected chi connectivity index (χ2v) is 5.75. The molecule has 0 unspecified atom stereocenters. The average molecular weight is 277 g/mol. The summed E-state index contributed by atoms with van der Waals surface area (Å²) in [7, 11) is 0. The standard InChI is InChI=1S/C17H31N3/c1-5-7-8-12-20(15(3)4)14-16-9-11-19-17(13-16)18-10-6-2/h9,11,13,15H,5-8,10,12,14H2,1-4H3,(H,18,19). The lowest BCUT2D eigenvalue weighted by Crippen LogP contribution is -2.31. The van der Waals surface area contributed by atoms with Gasteiger partial charge >= 0.3 is 0 Å². The Balaban J connectivity index is 2.58. The normalized spacial score (nSPS) is 11.3. The highest BCUT2D eigenvalue weighted by atomic mass is 15.1. The van der Waals surface area contributed by atoms with Gasteiger partial charge < -0.3 is 5.32 Å². The Hall–Kier alpha value is -1.09. The first-order valence-corrected chi connectivity index (χ1v) is 8.10. The number of aromatic nitrogens is 1. The highest BCUT2D eigenvalue weighted by Gasteiger charge is 2.10. The van der Waals surface area contributed by atoms with Crippen LogP contribution in [0.3, 0.4) is 0 Å². The van der Waals surface area contributed by atoms with Crippen LogP contribution < -0.4 is 5.32 Å². The van der Waals surface area contributed by atoms with E-state index in [9.17, 15) is 0 Å². The third-order valence-electron chi connectivity index (χ3n) is 3.55. The number of hydrogen-bond donors (Lipinski definition) is 1. The lowest BCUT2D eigenvalue weighted by Gasteiger charge is -2.26. The van der Waals surface area contributed by atoms with Gasteiger partial charge in [0.05, 0.1) is 0 Å². The van der Waals surface area contributed by atoms with Gasteiger partial charge in [0.15, 0.2) is 0 Å². The van der Waals surface area contributed by atoms with Gasteiger partial charge in [-0.15, -0.1) is 0 Å². The van der Waals surface area contributed by atoms with Crippen LogP contribution in [0.15, 0.2) is 18.3 Å². The summed E-state index contributed by atoms with van der Waals surface area (Å²) in [6, 6.07) is 4.91. The summed E-state index contributed by atoms with van der Waals surface area (Å²) >= 11 is 0.